The lowest BCUT2D eigenvalue weighted by molar-refractivity contribution is -0.117. The molecule has 134 valence electrons. The van der Waals surface area contributed by atoms with E-state index in [0.29, 0.717) is 5.92 Å². The third kappa shape index (κ3) is 2.98. The highest BCUT2D eigenvalue weighted by Crippen LogP contribution is 2.43. The van der Waals surface area contributed by atoms with Gasteiger partial charge >= 0.3 is 6.03 Å². The minimum absolute atomic E-state index is 0.0494. The van der Waals surface area contributed by atoms with Crippen LogP contribution in [-0.2, 0) is 10.2 Å². The number of nitrogens with zero attached hydrogens (tertiary/aromatic N) is 2. The first-order valence-electron chi connectivity index (χ1n) is 8.90. The summed E-state index contributed by atoms with van der Waals surface area (Å²) in [6, 6.07) is 10.2. The number of amides is 3. The summed E-state index contributed by atoms with van der Waals surface area (Å²) in [6.45, 7) is 5.95. The van der Waals surface area contributed by atoms with Crippen molar-refractivity contribution >= 4 is 11.9 Å². The Balaban J connectivity index is 1.64. The predicted molar refractivity (Wildman–Crippen MR) is 94.0 cm³/mol. The molecule has 4 N–H and O–H groups in total. The Kier molecular flexibility index (Phi) is 4.13. The number of hydrogen-bond donors (Lipinski definition) is 3. The number of hydrogen-bond acceptors (Lipinski definition) is 4. The van der Waals surface area contributed by atoms with E-state index >= 15 is 0 Å². The summed E-state index contributed by atoms with van der Waals surface area (Å²) >= 11 is 0. The maximum Gasteiger partial charge on any atom is 0.315 e. The van der Waals surface area contributed by atoms with Crippen molar-refractivity contribution in [2.45, 2.75) is 11.5 Å². The maximum absolute atomic E-state index is 12.3. The second kappa shape index (κ2) is 6.31. The fourth-order valence-electron chi connectivity index (χ4n) is 4.93. The van der Waals surface area contributed by atoms with Crippen LogP contribution in [0.15, 0.2) is 30.3 Å². The lowest BCUT2D eigenvalue weighted by Gasteiger charge is -2.55. The molecular weight excluding hydrogens is 318 g/mol. The molecule has 0 radical (unpaired) electrons. The van der Waals surface area contributed by atoms with Crippen molar-refractivity contribution in [2.75, 3.05) is 45.8 Å². The van der Waals surface area contributed by atoms with Gasteiger partial charge in [0.2, 0.25) is 5.91 Å². The van der Waals surface area contributed by atoms with Crippen molar-refractivity contribution in [3.63, 3.8) is 0 Å². The van der Waals surface area contributed by atoms with Crippen molar-refractivity contribution in [1.29, 1.82) is 0 Å². The highest BCUT2D eigenvalue weighted by atomic mass is 16.2. The molecule has 5 rings (SSSR count). The second-order valence-electron chi connectivity index (χ2n) is 7.52. The number of primary amides is 1. The number of carbonyl (C=O) groups excluding carboxylic acids is 2. The molecule has 4 heterocycles. The summed E-state index contributed by atoms with van der Waals surface area (Å²) in [5, 5.41) is 5.75. The van der Waals surface area contributed by atoms with E-state index < -0.39 is 5.91 Å². The Morgan fingerprint density at radius 2 is 1.76 bits per heavy atom. The molecule has 0 spiro atoms. The zero-order valence-electron chi connectivity index (χ0n) is 14.3. The largest absolute Gasteiger partial charge is 0.368 e. The van der Waals surface area contributed by atoms with Crippen molar-refractivity contribution in [1.82, 2.24) is 20.4 Å². The number of benzene rings is 1. The first kappa shape index (κ1) is 16.4. The molecule has 4 fully saturated rings. The minimum atomic E-state index is -0.535. The van der Waals surface area contributed by atoms with Crippen LogP contribution < -0.4 is 16.4 Å². The van der Waals surface area contributed by atoms with Gasteiger partial charge in [-0.05, 0) is 5.56 Å². The molecule has 7 heteroatoms. The number of urea groups is 1. The lowest BCUT2D eigenvalue weighted by atomic mass is 9.64. The molecule has 3 atom stereocenters. The Morgan fingerprint density at radius 3 is 2.36 bits per heavy atom. The zero-order chi connectivity index (χ0) is 17.4. The number of nitrogens with two attached hydrogens (primary N) is 1. The number of rotatable bonds is 4. The third-order valence-electron chi connectivity index (χ3n) is 5.85. The van der Waals surface area contributed by atoms with Gasteiger partial charge in [-0.1, -0.05) is 30.3 Å². The van der Waals surface area contributed by atoms with Gasteiger partial charge in [0.25, 0.3) is 0 Å². The van der Waals surface area contributed by atoms with Crippen LogP contribution in [-0.4, -0.2) is 73.6 Å². The molecule has 7 nitrogen and oxygen atoms in total. The van der Waals surface area contributed by atoms with Crippen molar-refractivity contribution in [3.8, 4) is 0 Å². The van der Waals surface area contributed by atoms with E-state index in [0.717, 1.165) is 39.3 Å². The molecule has 4 aliphatic heterocycles. The molecule has 1 aromatic rings. The van der Waals surface area contributed by atoms with Crippen LogP contribution in [0.4, 0.5) is 4.79 Å². The highest BCUT2D eigenvalue weighted by molar-refractivity contribution is 5.83. The summed E-state index contributed by atoms with van der Waals surface area (Å²) in [5.74, 6) is -0.156. The molecule has 0 aromatic heterocycles. The molecule has 4 bridgehead atoms. The molecule has 1 aromatic carbocycles. The molecule has 0 saturated carbocycles. The van der Waals surface area contributed by atoms with Crippen LogP contribution in [0.25, 0.3) is 0 Å². The number of carbonyl (C=O) groups is 2. The van der Waals surface area contributed by atoms with E-state index in [4.69, 9.17) is 5.73 Å². The monoisotopic (exact) mass is 343 g/mol. The van der Waals surface area contributed by atoms with E-state index in [9.17, 15) is 9.59 Å². The molecule has 3 amide bonds. The van der Waals surface area contributed by atoms with E-state index in [1.807, 2.05) is 6.07 Å². The van der Waals surface area contributed by atoms with Gasteiger partial charge in [0.05, 0.1) is 6.54 Å². The topological polar surface area (TPSA) is 90.7 Å². The SMILES string of the molecule is NC(=O)CNC(=O)N[C@@H]1C2CN3CCN(C2)CC1(c1ccccc1)C3. The van der Waals surface area contributed by atoms with Gasteiger partial charge in [-0.2, -0.15) is 0 Å². The first-order chi connectivity index (χ1) is 12.1. The van der Waals surface area contributed by atoms with E-state index in [1.54, 1.807) is 0 Å². The fourth-order valence-corrected chi connectivity index (χ4v) is 4.93. The summed E-state index contributed by atoms with van der Waals surface area (Å²) < 4.78 is 0. The third-order valence-corrected chi connectivity index (χ3v) is 5.85. The van der Waals surface area contributed by atoms with Crippen molar-refractivity contribution < 1.29 is 9.59 Å². The Morgan fingerprint density at radius 1 is 1.12 bits per heavy atom. The number of nitrogens with one attached hydrogen (secondary N) is 2. The van der Waals surface area contributed by atoms with E-state index in [-0.39, 0.29) is 24.0 Å². The summed E-state index contributed by atoms with van der Waals surface area (Å²) in [7, 11) is 0. The molecule has 4 aliphatic rings. The van der Waals surface area contributed by atoms with Crippen LogP contribution in [0.5, 0.6) is 0 Å². The highest BCUT2D eigenvalue weighted by Gasteiger charge is 2.55. The van der Waals surface area contributed by atoms with E-state index in [2.05, 4.69) is 44.7 Å². The Bertz CT molecular complexity index is 649. The van der Waals surface area contributed by atoms with E-state index in [1.165, 1.54) is 5.56 Å². The van der Waals surface area contributed by atoms with Gasteiger partial charge in [-0.15, -0.1) is 0 Å². The van der Waals surface area contributed by atoms with Gasteiger partial charge in [0, 0.05) is 56.6 Å². The van der Waals surface area contributed by atoms with Gasteiger partial charge in [0.15, 0.2) is 0 Å². The Labute approximate surface area is 147 Å². The lowest BCUT2D eigenvalue weighted by Crippen LogP contribution is -2.71. The van der Waals surface area contributed by atoms with Crippen LogP contribution in [0.3, 0.4) is 0 Å². The minimum Gasteiger partial charge on any atom is -0.368 e. The smallest absolute Gasteiger partial charge is 0.315 e. The quantitative estimate of drug-likeness (QED) is 0.677. The molecule has 4 saturated heterocycles. The van der Waals surface area contributed by atoms with Gasteiger partial charge in [-0.3, -0.25) is 4.79 Å². The van der Waals surface area contributed by atoms with Gasteiger partial charge < -0.3 is 26.2 Å². The maximum atomic E-state index is 12.3. The molecule has 0 aliphatic carbocycles. The predicted octanol–water partition coefficient (Wildman–Crippen LogP) is -0.661. The summed E-state index contributed by atoms with van der Waals surface area (Å²) in [5.41, 5.74) is 6.29. The zero-order valence-corrected chi connectivity index (χ0v) is 14.3. The van der Waals surface area contributed by atoms with Crippen LogP contribution in [0.2, 0.25) is 0 Å². The molecular formula is C18H25N5O2. The standard InChI is InChI=1S/C18H25N5O2/c19-15(24)8-20-17(25)21-16-13-9-22-6-7-23(10-13)12-18(16,11-22)14-4-2-1-3-5-14/h1-5,13,16H,6-12H2,(H2,19,24)(H2,20,21,25)/t13?,16-,18?/m1/s1. The van der Waals surface area contributed by atoms with Gasteiger partial charge in [-0.25, -0.2) is 4.79 Å². The average Bonchev–Trinajstić information content (AvgIpc) is 2.85. The van der Waals surface area contributed by atoms with Crippen molar-refractivity contribution in [3.05, 3.63) is 35.9 Å². The molecule has 25 heavy (non-hydrogen) atoms. The first-order valence-corrected chi connectivity index (χ1v) is 8.90. The number of piperidine rings is 2. The average molecular weight is 343 g/mol. The second-order valence-corrected chi connectivity index (χ2v) is 7.52. The van der Waals surface area contributed by atoms with Crippen LogP contribution in [0, 0.1) is 5.92 Å². The summed E-state index contributed by atoms with van der Waals surface area (Å²) in [4.78, 5) is 28.3. The molecule has 2 unspecified atom stereocenters. The normalized spacial score (nSPS) is 35.8. The fraction of sp³-hybridized carbons (Fsp3) is 0.556. The summed E-state index contributed by atoms with van der Waals surface area (Å²) in [6.07, 6.45) is 0. The van der Waals surface area contributed by atoms with Crippen molar-refractivity contribution in [2.24, 2.45) is 11.7 Å². The number of fused-ring (bicyclic) bond motifs is 1. The Hall–Kier alpha value is -2.12. The van der Waals surface area contributed by atoms with Crippen LogP contribution in [0.1, 0.15) is 5.56 Å². The van der Waals surface area contributed by atoms with Crippen LogP contribution >= 0.6 is 0 Å². The van der Waals surface area contributed by atoms with Gasteiger partial charge in [0.1, 0.15) is 0 Å².